The summed E-state index contributed by atoms with van der Waals surface area (Å²) in [6.45, 7) is 0. The molecule has 0 bridgehead atoms. The largest absolute Gasteiger partial charge is 0.497 e. The average Bonchev–Trinajstić information content (AvgIpc) is 3.17. The number of allylic oxidation sites excluding steroid dienone is 1. The van der Waals surface area contributed by atoms with Crippen molar-refractivity contribution in [1.82, 2.24) is 9.78 Å². The van der Waals surface area contributed by atoms with Crippen LogP contribution in [0.1, 0.15) is 22.0 Å². The van der Waals surface area contributed by atoms with Crippen LogP contribution in [0.4, 0.5) is 11.5 Å². The van der Waals surface area contributed by atoms with E-state index in [1.54, 1.807) is 42.1 Å². The first kappa shape index (κ1) is 19.7. The van der Waals surface area contributed by atoms with Crippen LogP contribution < -0.4 is 15.4 Å². The summed E-state index contributed by atoms with van der Waals surface area (Å²) >= 11 is 3.43. The molecule has 3 N–H and O–H groups in total. The minimum atomic E-state index is -1.12. The Bertz CT molecular complexity index is 1150. The fourth-order valence-electron chi connectivity index (χ4n) is 3.19. The highest BCUT2D eigenvalue weighted by molar-refractivity contribution is 9.10. The molecule has 2 heterocycles. The van der Waals surface area contributed by atoms with Gasteiger partial charge in [-0.2, -0.15) is 5.10 Å². The van der Waals surface area contributed by atoms with E-state index in [0.717, 1.165) is 10.0 Å². The van der Waals surface area contributed by atoms with Gasteiger partial charge in [0.25, 0.3) is 5.91 Å². The summed E-state index contributed by atoms with van der Waals surface area (Å²) in [6, 6.07) is 13.9. The van der Waals surface area contributed by atoms with E-state index in [0.29, 0.717) is 17.3 Å². The molecule has 0 unspecified atom stereocenters. The number of benzene rings is 2. The molecule has 30 heavy (non-hydrogen) atoms. The van der Waals surface area contributed by atoms with Crippen molar-refractivity contribution >= 4 is 39.3 Å². The van der Waals surface area contributed by atoms with Crippen LogP contribution in [0.3, 0.4) is 0 Å². The van der Waals surface area contributed by atoms with Crippen LogP contribution in [-0.2, 0) is 4.79 Å². The van der Waals surface area contributed by atoms with Crippen LogP contribution >= 0.6 is 15.9 Å². The van der Waals surface area contributed by atoms with Gasteiger partial charge in [0.05, 0.1) is 19.3 Å². The van der Waals surface area contributed by atoms with Gasteiger partial charge in [0.15, 0.2) is 0 Å². The summed E-state index contributed by atoms with van der Waals surface area (Å²) in [5.41, 5.74) is 1.62. The molecular formula is C21H17BrN4O4. The Balaban J connectivity index is 1.69. The van der Waals surface area contributed by atoms with E-state index < -0.39 is 17.9 Å². The zero-order valence-corrected chi connectivity index (χ0v) is 17.4. The summed E-state index contributed by atoms with van der Waals surface area (Å²) in [7, 11) is 1.56. The predicted octanol–water partition coefficient (Wildman–Crippen LogP) is 3.89. The van der Waals surface area contributed by atoms with E-state index in [-0.39, 0.29) is 11.3 Å². The third-order valence-corrected chi connectivity index (χ3v) is 5.14. The molecule has 8 nitrogen and oxygen atoms in total. The maximum Gasteiger partial charge on any atom is 0.352 e. The van der Waals surface area contributed by atoms with Gasteiger partial charge < -0.3 is 20.5 Å². The number of aromatic nitrogens is 2. The molecule has 0 saturated carbocycles. The Kier molecular flexibility index (Phi) is 5.28. The first-order valence-electron chi connectivity index (χ1n) is 8.97. The lowest BCUT2D eigenvalue weighted by atomic mass is 10.0. The molecule has 1 aromatic heterocycles. The van der Waals surface area contributed by atoms with Crippen LogP contribution in [0.2, 0.25) is 0 Å². The van der Waals surface area contributed by atoms with Crippen molar-refractivity contribution in [2.45, 2.75) is 6.04 Å². The van der Waals surface area contributed by atoms with Crippen molar-refractivity contribution < 1.29 is 19.4 Å². The number of methoxy groups -OCH3 is 1. The van der Waals surface area contributed by atoms with Gasteiger partial charge in [0.1, 0.15) is 22.8 Å². The SMILES string of the molecule is COc1ccc(NC(=O)c2cnn3c2NC(C(=O)O)=C[C@H]3c2cccc(Br)c2)cc1. The van der Waals surface area contributed by atoms with Crippen molar-refractivity contribution in [2.75, 3.05) is 17.7 Å². The Labute approximate surface area is 180 Å². The maximum atomic E-state index is 12.9. The molecule has 152 valence electrons. The van der Waals surface area contributed by atoms with Crippen LogP contribution in [0.15, 0.2) is 71.0 Å². The third-order valence-electron chi connectivity index (χ3n) is 4.65. The number of carboxylic acid groups (broad SMARTS) is 1. The Morgan fingerprint density at radius 1 is 1.23 bits per heavy atom. The number of ether oxygens (including phenoxy) is 1. The molecule has 0 aliphatic carbocycles. The van der Waals surface area contributed by atoms with Gasteiger partial charge in [-0.3, -0.25) is 4.79 Å². The van der Waals surface area contributed by atoms with E-state index in [9.17, 15) is 14.7 Å². The molecule has 3 aromatic rings. The Hall–Kier alpha value is -3.59. The number of hydrogen-bond acceptors (Lipinski definition) is 5. The molecule has 1 aliphatic rings. The fraction of sp³-hybridized carbons (Fsp3) is 0.0952. The van der Waals surface area contributed by atoms with Gasteiger partial charge >= 0.3 is 5.97 Å². The summed E-state index contributed by atoms with van der Waals surface area (Å²) in [6.07, 6.45) is 2.99. The number of hydrogen-bond donors (Lipinski definition) is 3. The topological polar surface area (TPSA) is 105 Å². The first-order chi connectivity index (χ1) is 14.5. The molecule has 0 saturated heterocycles. The molecule has 0 spiro atoms. The molecule has 0 fully saturated rings. The molecular weight excluding hydrogens is 452 g/mol. The van der Waals surface area contributed by atoms with Gasteiger partial charge in [0.2, 0.25) is 0 Å². The molecule has 1 atom stereocenters. The lowest BCUT2D eigenvalue weighted by Crippen LogP contribution is -2.25. The van der Waals surface area contributed by atoms with E-state index in [1.807, 2.05) is 24.3 Å². The second-order valence-corrected chi connectivity index (χ2v) is 7.46. The molecule has 4 rings (SSSR count). The minimum absolute atomic E-state index is 0.0218. The molecule has 2 aromatic carbocycles. The van der Waals surface area contributed by atoms with Crippen molar-refractivity contribution in [2.24, 2.45) is 0 Å². The van der Waals surface area contributed by atoms with Crippen molar-refractivity contribution in [1.29, 1.82) is 0 Å². The van der Waals surface area contributed by atoms with Crippen molar-refractivity contribution in [3.63, 3.8) is 0 Å². The van der Waals surface area contributed by atoms with E-state index in [4.69, 9.17) is 4.74 Å². The number of carbonyl (C=O) groups excluding carboxylic acids is 1. The second kappa shape index (κ2) is 8.03. The number of rotatable bonds is 5. The summed E-state index contributed by atoms with van der Waals surface area (Å²) < 4.78 is 7.57. The monoisotopic (exact) mass is 468 g/mol. The second-order valence-electron chi connectivity index (χ2n) is 6.54. The highest BCUT2D eigenvalue weighted by Gasteiger charge is 2.29. The lowest BCUT2D eigenvalue weighted by Gasteiger charge is -2.24. The zero-order valence-electron chi connectivity index (χ0n) is 15.8. The number of anilines is 2. The smallest absolute Gasteiger partial charge is 0.352 e. The van der Waals surface area contributed by atoms with Crippen molar-refractivity contribution in [3.8, 4) is 5.75 Å². The number of carboxylic acids is 1. The van der Waals surface area contributed by atoms with Crippen molar-refractivity contribution in [3.05, 3.63) is 82.1 Å². The summed E-state index contributed by atoms with van der Waals surface area (Å²) in [5.74, 6) is -0.547. The van der Waals surface area contributed by atoms with Crippen LogP contribution in [0.25, 0.3) is 0 Å². The molecule has 0 radical (unpaired) electrons. The highest BCUT2D eigenvalue weighted by atomic mass is 79.9. The number of nitrogens with zero attached hydrogens (tertiary/aromatic N) is 2. The molecule has 1 amide bonds. The first-order valence-corrected chi connectivity index (χ1v) is 9.76. The van der Waals surface area contributed by atoms with Gasteiger partial charge in [-0.15, -0.1) is 0 Å². The predicted molar refractivity (Wildman–Crippen MR) is 115 cm³/mol. The van der Waals surface area contributed by atoms with E-state index in [1.165, 1.54) is 6.20 Å². The summed E-state index contributed by atoms with van der Waals surface area (Å²) in [5, 5.41) is 19.5. The molecule has 1 aliphatic heterocycles. The zero-order chi connectivity index (χ0) is 21.3. The standard InChI is InChI=1S/C21H17BrN4O4/c1-30-15-7-5-14(6-8-15)24-20(27)16-11-23-26-18(12-3-2-4-13(22)9-12)10-17(21(28)29)25-19(16)26/h2-11,18,25H,1H3,(H,24,27)(H,28,29)/t18-/m0/s1. The number of fused-ring (bicyclic) bond motifs is 1. The normalized spacial score (nSPS) is 14.9. The lowest BCUT2D eigenvalue weighted by molar-refractivity contribution is -0.132. The minimum Gasteiger partial charge on any atom is -0.497 e. The fourth-order valence-corrected chi connectivity index (χ4v) is 3.60. The van der Waals surface area contributed by atoms with Gasteiger partial charge in [-0.1, -0.05) is 28.1 Å². The van der Waals surface area contributed by atoms with E-state index in [2.05, 4.69) is 31.7 Å². The average molecular weight is 469 g/mol. The van der Waals surface area contributed by atoms with Crippen LogP contribution in [-0.4, -0.2) is 33.9 Å². The van der Waals surface area contributed by atoms with Gasteiger partial charge in [-0.25, -0.2) is 9.48 Å². The van der Waals surface area contributed by atoms with Gasteiger partial charge in [0, 0.05) is 10.2 Å². The Morgan fingerprint density at radius 3 is 2.67 bits per heavy atom. The number of nitrogens with one attached hydrogen (secondary N) is 2. The van der Waals surface area contributed by atoms with Crippen LogP contribution in [0.5, 0.6) is 5.75 Å². The highest BCUT2D eigenvalue weighted by Crippen LogP contribution is 2.33. The Morgan fingerprint density at radius 2 is 2.00 bits per heavy atom. The third kappa shape index (κ3) is 3.79. The molecule has 9 heteroatoms. The summed E-state index contributed by atoms with van der Waals surface area (Å²) in [4.78, 5) is 24.5. The number of carbonyl (C=O) groups is 2. The maximum absolute atomic E-state index is 12.9. The van der Waals surface area contributed by atoms with Crippen LogP contribution in [0, 0.1) is 0 Å². The number of amides is 1. The number of aliphatic carboxylic acids is 1. The number of halogens is 1. The van der Waals surface area contributed by atoms with E-state index >= 15 is 0 Å². The quantitative estimate of drug-likeness (QED) is 0.524. The van der Waals surface area contributed by atoms with Gasteiger partial charge in [-0.05, 0) is 48.0 Å².